The maximum atomic E-state index is 11.1. The minimum atomic E-state index is -0.515. The van der Waals surface area contributed by atoms with Gasteiger partial charge < -0.3 is 10.5 Å². The zero-order chi connectivity index (χ0) is 16.4. The summed E-state index contributed by atoms with van der Waals surface area (Å²) in [6.07, 6.45) is 5.38. The number of benzene rings is 1. The standard InChI is InChI=1S/C14H14N6O3/c1-23-7-4-10-12-9(2-3-11(13(12)15)20(21)22)17-14(18-10)19-6-5-16-8-19/h2-3,5-6,8H,4,7,15H2,1H3. The molecule has 2 heterocycles. The van der Waals surface area contributed by atoms with Crippen LogP contribution in [-0.2, 0) is 11.2 Å². The fraction of sp³-hybridized carbons (Fsp3) is 0.214. The van der Waals surface area contributed by atoms with Crippen LogP contribution in [0.15, 0.2) is 30.9 Å². The van der Waals surface area contributed by atoms with Crippen molar-refractivity contribution in [1.82, 2.24) is 19.5 Å². The van der Waals surface area contributed by atoms with Crippen LogP contribution in [0.4, 0.5) is 11.4 Å². The predicted octanol–water partition coefficient (Wildman–Crippen LogP) is 1.49. The molecule has 0 saturated heterocycles. The summed E-state index contributed by atoms with van der Waals surface area (Å²) < 4.78 is 6.75. The summed E-state index contributed by atoms with van der Waals surface area (Å²) in [5, 5.41) is 11.6. The molecule has 3 aromatic rings. The van der Waals surface area contributed by atoms with Crippen molar-refractivity contribution in [2.24, 2.45) is 0 Å². The van der Waals surface area contributed by atoms with Crippen molar-refractivity contribution in [2.45, 2.75) is 6.42 Å². The molecule has 2 aromatic heterocycles. The highest BCUT2D eigenvalue weighted by Gasteiger charge is 2.19. The van der Waals surface area contributed by atoms with Gasteiger partial charge in [-0.05, 0) is 6.07 Å². The van der Waals surface area contributed by atoms with E-state index in [1.54, 1.807) is 36.5 Å². The molecule has 0 aliphatic rings. The van der Waals surface area contributed by atoms with Crippen LogP contribution in [0, 0.1) is 10.1 Å². The number of anilines is 1. The molecule has 118 valence electrons. The maximum absolute atomic E-state index is 11.1. The normalized spacial score (nSPS) is 11.0. The molecule has 0 spiro atoms. The highest BCUT2D eigenvalue weighted by atomic mass is 16.6. The monoisotopic (exact) mass is 314 g/mol. The van der Waals surface area contributed by atoms with Gasteiger partial charge in [-0.25, -0.2) is 15.0 Å². The van der Waals surface area contributed by atoms with Crippen LogP contribution in [0.25, 0.3) is 16.9 Å². The zero-order valence-corrected chi connectivity index (χ0v) is 12.3. The third-order valence-electron chi connectivity index (χ3n) is 3.42. The van der Waals surface area contributed by atoms with E-state index in [0.29, 0.717) is 35.6 Å². The summed E-state index contributed by atoms with van der Waals surface area (Å²) in [5.41, 5.74) is 7.03. The van der Waals surface area contributed by atoms with E-state index in [9.17, 15) is 10.1 Å². The number of fused-ring (bicyclic) bond motifs is 1. The Morgan fingerprint density at radius 1 is 1.39 bits per heavy atom. The molecule has 0 aliphatic heterocycles. The Bertz CT molecular complexity index is 863. The summed E-state index contributed by atoms with van der Waals surface area (Å²) in [6.45, 7) is 0.414. The number of aromatic nitrogens is 4. The van der Waals surface area contributed by atoms with Gasteiger partial charge in [0.25, 0.3) is 5.69 Å². The smallest absolute Gasteiger partial charge is 0.292 e. The Hall–Kier alpha value is -3.07. The molecular formula is C14H14N6O3. The number of nitro benzene ring substituents is 1. The Balaban J connectivity index is 2.26. The summed E-state index contributed by atoms with van der Waals surface area (Å²) in [4.78, 5) is 23.4. The summed E-state index contributed by atoms with van der Waals surface area (Å²) >= 11 is 0. The second kappa shape index (κ2) is 5.97. The van der Waals surface area contributed by atoms with E-state index in [2.05, 4.69) is 15.0 Å². The second-order valence-electron chi connectivity index (χ2n) is 4.83. The predicted molar refractivity (Wildman–Crippen MR) is 83.3 cm³/mol. The number of hydrogen-bond acceptors (Lipinski definition) is 7. The molecular weight excluding hydrogens is 300 g/mol. The van der Waals surface area contributed by atoms with E-state index in [1.165, 1.54) is 6.07 Å². The van der Waals surface area contributed by atoms with E-state index < -0.39 is 4.92 Å². The van der Waals surface area contributed by atoms with Crippen molar-refractivity contribution in [3.8, 4) is 5.95 Å². The van der Waals surface area contributed by atoms with Gasteiger partial charge in [-0.2, -0.15) is 0 Å². The number of nitrogens with two attached hydrogens (primary N) is 1. The van der Waals surface area contributed by atoms with Gasteiger partial charge in [0.2, 0.25) is 5.95 Å². The topological polar surface area (TPSA) is 122 Å². The van der Waals surface area contributed by atoms with Crippen molar-refractivity contribution < 1.29 is 9.66 Å². The lowest BCUT2D eigenvalue weighted by atomic mass is 10.1. The second-order valence-corrected chi connectivity index (χ2v) is 4.83. The summed E-state index contributed by atoms with van der Waals surface area (Å²) in [6, 6.07) is 2.92. The Morgan fingerprint density at radius 3 is 2.87 bits per heavy atom. The van der Waals surface area contributed by atoms with Crippen LogP contribution in [0.2, 0.25) is 0 Å². The first-order valence-electron chi connectivity index (χ1n) is 6.82. The highest BCUT2D eigenvalue weighted by molar-refractivity contribution is 5.97. The fourth-order valence-corrected chi connectivity index (χ4v) is 2.33. The molecule has 23 heavy (non-hydrogen) atoms. The van der Waals surface area contributed by atoms with Crippen LogP contribution >= 0.6 is 0 Å². The van der Waals surface area contributed by atoms with Gasteiger partial charge in [0.15, 0.2) is 0 Å². The van der Waals surface area contributed by atoms with E-state index in [0.717, 1.165) is 0 Å². The number of nitrogens with zero attached hydrogens (tertiary/aromatic N) is 5. The van der Waals surface area contributed by atoms with Gasteiger partial charge in [0, 0.05) is 32.0 Å². The number of ether oxygens (including phenoxy) is 1. The van der Waals surface area contributed by atoms with Crippen LogP contribution in [0.1, 0.15) is 5.69 Å². The SMILES string of the molecule is COCCc1nc(-n2ccnc2)nc2ccc([N+](=O)[O-])c(N)c12. The lowest BCUT2D eigenvalue weighted by Crippen LogP contribution is -2.08. The van der Waals surface area contributed by atoms with Gasteiger partial charge in [-0.15, -0.1) is 0 Å². The zero-order valence-electron chi connectivity index (χ0n) is 12.3. The van der Waals surface area contributed by atoms with Gasteiger partial charge in [-0.3, -0.25) is 14.7 Å². The average molecular weight is 314 g/mol. The lowest BCUT2D eigenvalue weighted by Gasteiger charge is -2.10. The highest BCUT2D eigenvalue weighted by Crippen LogP contribution is 2.32. The van der Waals surface area contributed by atoms with E-state index in [1.807, 2.05) is 0 Å². The lowest BCUT2D eigenvalue weighted by molar-refractivity contribution is -0.383. The molecule has 9 heteroatoms. The van der Waals surface area contributed by atoms with Gasteiger partial charge in [0.1, 0.15) is 12.0 Å². The molecule has 3 rings (SSSR count). The molecule has 0 amide bonds. The first-order valence-corrected chi connectivity index (χ1v) is 6.82. The average Bonchev–Trinajstić information content (AvgIpc) is 3.06. The van der Waals surface area contributed by atoms with Crippen molar-refractivity contribution in [1.29, 1.82) is 0 Å². The fourth-order valence-electron chi connectivity index (χ4n) is 2.33. The van der Waals surface area contributed by atoms with Crippen LogP contribution in [0.5, 0.6) is 0 Å². The minimum Gasteiger partial charge on any atom is -0.393 e. The molecule has 0 unspecified atom stereocenters. The molecule has 0 aliphatic carbocycles. The van der Waals surface area contributed by atoms with Gasteiger partial charge in [-0.1, -0.05) is 0 Å². The molecule has 0 saturated carbocycles. The number of rotatable bonds is 5. The maximum Gasteiger partial charge on any atom is 0.292 e. The molecule has 2 N–H and O–H groups in total. The van der Waals surface area contributed by atoms with Gasteiger partial charge >= 0.3 is 0 Å². The Morgan fingerprint density at radius 2 is 2.22 bits per heavy atom. The number of imidazole rings is 1. The van der Waals surface area contributed by atoms with Crippen LogP contribution in [0.3, 0.4) is 0 Å². The number of nitro groups is 1. The minimum absolute atomic E-state index is 0.0655. The number of nitrogen functional groups attached to an aromatic ring is 1. The quantitative estimate of drug-likeness (QED) is 0.430. The molecule has 0 radical (unpaired) electrons. The molecule has 0 atom stereocenters. The number of methoxy groups -OCH3 is 1. The van der Waals surface area contributed by atoms with Crippen molar-refractivity contribution >= 4 is 22.3 Å². The largest absolute Gasteiger partial charge is 0.393 e. The van der Waals surface area contributed by atoms with Crippen molar-refractivity contribution in [3.05, 3.63) is 46.7 Å². The van der Waals surface area contributed by atoms with Crippen LogP contribution in [-0.4, -0.2) is 38.2 Å². The summed E-state index contributed by atoms with van der Waals surface area (Å²) in [7, 11) is 1.58. The van der Waals surface area contributed by atoms with E-state index >= 15 is 0 Å². The number of hydrogen-bond donors (Lipinski definition) is 1. The first kappa shape index (κ1) is 14.9. The molecule has 1 aromatic carbocycles. The Labute approximate surface area is 130 Å². The van der Waals surface area contributed by atoms with E-state index in [4.69, 9.17) is 10.5 Å². The molecule has 9 nitrogen and oxygen atoms in total. The molecule has 0 fully saturated rings. The third kappa shape index (κ3) is 2.69. The van der Waals surface area contributed by atoms with Crippen LogP contribution < -0.4 is 5.73 Å². The van der Waals surface area contributed by atoms with Crippen molar-refractivity contribution in [3.63, 3.8) is 0 Å². The van der Waals surface area contributed by atoms with E-state index in [-0.39, 0.29) is 11.4 Å². The summed E-state index contributed by atoms with van der Waals surface area (Å²) in [5.74, 6) is 0.425. The molecule has 0 bridgehead atoms. The first-order chi connectivity index (χ1) is 11.1. The Kier molecular flexibility index (Phi) is 3.85. The third-order valence-corrected chi connectivity index (χ3v) is 3.42. The van der Waals surface area contributed by atoms with Crippen molar-refractivity contribution in [2.75, 3.05) is 19.5 Å². The van der Waals surface area contributed by atoms with Gasteiger partial charge in [0.05, 0.1) is 28.1 Å².